The predicted octanol–water partition coefficient (Wildman–Crippen LogP) is 2.38. The van der Waals surface area contributed by atoms with Gasteiger partial charge in [0.2, 0.25) is 11.7 Å². The highest BCUT2D eigenvalue weighted by atomic mass is 16.6. The molecular formula is C26H24N4O6. The zero-order valence-corrected chi connectivity index (χ0v) is 19.9. The van der Waals surface area contributed by atoms with Crippen LogP contribution in [0.1, 0.15) is 49.4 Å². The van der Waals surface area contributed by atoms with Gasteiger partial charge in [0, 0.05) is 17.9 Å². The molecule has 10 nitrogen and oxygen atoms in total. The van der Waals surface area contributed by atoms with Gasteiger partial charge < -0.3 is 9.94 Å². The number of ether oxygens (including phenoxy) is 1. The summed E-state index contributed by atoms with van der Waals surface area (Å²) in [7, 11) is 0. The fourth-order valence-corrected chi connectivity index (χ4v) is 5.66. The summed E-state index contributed by atoms with van der Waals surface area (Å²) in [5.41, 5.74) is -0.506. The molecule has 0 radical (unpaired) electrons. The van der Waals surface area contributed by atoms with Crippen LogP contribution in [0.2, 0.25) is 0 Å². The van der Waals surface area contributed by atoms with E-state index in [2.05, 4.69) is 4.98 Å². The summed E-state index contributed by atoms with van der Waals surface area (Å²) in [6.45, 7) is 4.97. The van der Waals surface area contributed by atoms with Gasteiger partial charge in [-0.2, -0.15) is 5.06 Å². The predicted molar refractivity (Wildman–Crippen MR) is 127 cm³/mol. The number of aromatic nitrogens is 2. The van der Waals surface area contributed by atoms with Gasteiger partial charge in [-0.15, -0.1) is 0 Å². The maximum atomic E-state index is 13.7. The van der Waals surface area contributed by atoms with Gasteiger partial charge in [0.1, 0.15) is 12.1 Å². The van der Waals surface area contributed by atoms with E-state index in [9.17, 15) is 24.4 Å². The van der Waals surface area contributed by atoms with E-state index in [1.165, 1.54) is 4.90 Å². The number of rotatable bonds is 3. The second-order valence-electron chi connectivity index (χ2n) is 9.83. The molecule has 0 saturated carbocycles. The van der Waals surface area contributed by atoms with Gasteiger partial charge in [0.05, 0.1) is 16.6 Å². The number of esters is 1. The fourth-order valence-electron chi connectivity index (χ4n) is 5.66. The van der Waals surface area contributed by atoms with E-state index in [1.54, 1.807) is 69.3 Å². The Morgan fingerprint density at radius 3 is 2.56 bits per heavy atom. The molecule has 4 heterocycles. The highest BCUT2D eigenvalue weighted by molar-refractivity contribution is 6.03. The average Bonchev–Trinajstić information content (AvgIpc) is 3.43. The third-order valence-electron chi connectivity index (χ3n) is 7.44. The van der Waals surface area contributed by atoms with Gasteiger partial charge in [0.15, 0.2) is 17.6 Å². The van der Waals surface area contributed by atoms with Gasteiger partial charge in [-0.3, -0.25) is 23.9 Å². The summed E-state index contributed by atoms with van der Waals surface area (Å²) in [5, 5.41) is 12.1. The molecule has 2 saturated heterocycles. The average molecular weight is 489 g/mol. The van der Waals surface area contributed by atoms with Crippen molar-refractivity contribution in [2.75, 3.05) is 4.90 Å². The Bertz CT molecular complexity index is 1530. The second kappa shape index (κ2) is 7.55. The second-order valence-corrected chi connectivity index (χ2v) is 9.83. The minimum atomic E-state index is -1.43. The zero-order valence-electron chi connectivity index (χ0n) is 19.9. The lowest BCUT2D eigenvalue weighted by atomic mass is 9.88. The van der Waals surface area contributed by atoms with Crippen molar-refractivity contribution in [1.82, 2.24) is 14.6 Å². The molecule has 6 rings (SSSR count). The number of hydroxylamine groups is 2. The van der Waals surface area contributed by atoms with Crippen molar-refractivity contribution in [1.29, 1.82) is 0 Å². The summed E-state index contributed by atoms with van der Waals surface area (Å²) in [6, 6.07) is 11.6. The number of para-hydroxylation sites is 2. The Kier molecular flexibility index (Phi) is 4.73. The number of anilines is 1. The van der Waals surface area contributed by atoms with Crippen molar-refractivity contribution < 1.29 is 24.3 Å². The van der Waals surface area contributed by atoms with Crippen molar-refractivity contribution >= 4 is 34.3 Å². The Hall–Kier alpha value is -3.89. The molecule has 1 amide bonds. The summed E-state index contributed by atoms with van der Waals surface area (Å²) >= 11 is 0. The standard InChI is InChI=1S/C26H24N4O6/c1-13(2)20(31)21-27-17-10-6-4-8-15(17)23(33)28(21)19-12-26(36-24(19)34)16-9-5-7-11-18(16)29-22(32)14(3)30(35)25(26)29/h4-11,13-14,19,25,35H,12H2,1-3H3. The first-order valence-electron chi connectivity index (χ1n) is 11.9. The highest BCUT2D eigenvalue weighted by Crippen LogP contribution is 2.56. The largest absolute Gasteiger partial charge is 0.449 e. The molecule has 36 heavy (non-hydrogen) atoms. The number of hydrogen-bond acceptors (Lipinski definition) is 8. The van der Waals surface area contributed by atoms with Gasteiger partial charge >= 0.3 is 5.97 Å². The summed E-state index contributed by atoms with van der Waals surface area (Å²) < 4.78 is 7.15. The molecule has 1 aromatic heterocycles. The Balaban J connectivity index is 1.56. The van der Waals surface area contributed by atoms with E-state index >= 15 is 0 Å². The van der Waals surface area contributed by atoms with Crippen molar-refractivity contribution in [3.8, 4) is 0 Å². The number of carbonyl (C=O) groups is 3. The Morgan fingerprint density at radius 1 is 1.11 bits per heavy atom. The molecular weight excluding hydrogens is 464 g/mol. The number of fused-ring (bicyclic) bond motifs is 6. The quantitative estimate of drug-likeness (QED) is 0.441. The molecule has 3 aromatic rings. The minimum Gasteiger partial charge on any atom is -0.449 e. The SMILES string of the molecule is CC(C)C(=O)c1nc2ccccc2c(=O)n1C1CC2(OC1=O)c1ccccc1N1C(=O)C(C)N(O)C12. The van der Waals surface area contributed by atoms with Gasteiger partial charge in [-0.1, -0.05) is 44.2 Å². The highest BCUT2D eigenvalue weighted by Gasteiger charge is 2.67. The zero-order chi connectivity index (χ0) is 25.5. The van der Waals surface area contributed by atoms with E-state index in [1.807, 2.05) is 0 Å². The molecule has 2 fully saturated rings. The molecule has 2 aromatic carbocycles. The molecule has 4 atom stereocenters. The molecule has 184 valence electrons. The summed E-state index contributed by atoms with van der Waals surface area (Å²) in [5.74, 6) is -2.03. The lowest BCUT2D eigenvalue weighted by Crippen LogP contribution is -2.50. The molecule has 4 unspecified atom stereocenters. The van der Waals surface area contributed by atoms with E-state index in [-0.39, 0.29) is 29.3 Å². The van der Waals surface area contributed by atoms with Crippen LogP contribution in [0.15, 0.2) is 53.3 Å². The number of amides is 1. The Labute approximate surface area is 205 Å². The topological polar surface area (TPSA) is 122 Å². The number of nitrogens with zero attached hydrogens (tertiary/aromatic N) is 4. The molecule has 0 bridgehead atoms. The maximum absolute atomic E-state index is 13.7. The third-order valence-corrected chi connectivity index (χ3v) is 7.44. The van der Waals surface area contributed by atoms with Crippen LogP contribution < -0.4 is 10.5 Å². The van der Waals surface area contributed by atoms with Crippen LogP contribution in [-0.2, 0) is 19.9 Å². The molecule has 1 N–H and O–H groups in total. The van der Waals surface area contributed by atoms with E-state index < -0.39 is 41.3 Å². The number of benzene rings is 2. The fraction of sp³-hybridized carbons (Fsp3) is 0.346. The van der Waals surface area contributed by atoms with E-state index in [0.717, 1.165) is 9.63 Å². The van der Waals surface area contributed by atoms with Crippen molar-refractivity contribution in [3.05, 3.63) is 70.3 Å². The molecule has 1 spiro atoms. The van der Waals surface area contributed by atoms with E-state index in [4.69, 9.17) is 4.74 Å². The first-order chi connectivity index (χ1) is 17.2. The monoisotopic (exact) mass is 488 g/mol. The van der Waals surface area contributed by atoms with Crippen molar-refractivity contribution in [2.45, 2.75) is 51.0 Å². The summed E-state index contributed by atoms with van der Waals surface area (Å²) in [4.78, 5) is 59.3. The number of carbonyl (C=O) groups excluding carboxylic acids is 3. The lowest BCUT2D eigenvalue weighted by molar-refractivity contribution is -0.190. The molecule has 3 aliphatic rings. The first-order valence-corrected chi connectivity index (χ1v) is 11.9. The number of Topliss-reactive ketones (excluding diaryl/α,β-unsaturated/α-hetero) is 1. The van der Waals surface area contributed by atoms with Crippen LogP contribution in [0.5, 0.6) is 0 Å². The lowest BCUT2D eigenvalue weighted by Gasteiger charge is -2.33. The Morgan fingerprint density at radius 2 is 1.81 bits per heavy atom. The van der Waals surface area contributed by atoms with Crippen molar-refractivity contribution in [2.24, 2.45) is 5.92 Å². The van der Waals surface area contributed by atoms with Gasteiger partial charge in [-0.05, 0) is 25.1 Å². The molecule has 10 heteroatoms. The van der Waals surface area contributed by atoms with E-state index in [0.29, 0.717) is 16.8 Å². The van der Waals surface area contributed by atoms with Crippen molar-refractivity contribution in [3.63, 3.8) is 0 Å². The van der Waals surface area contributed by atoms with Crippen LogP contribution in [0.3, 0.4) is 0 Å². The van der Waals surface area contributed by atoms with Crippen LogP contribution in [0.25, 0.3) is 10.9 Å². The third kappa shape index (κ3) is 2.76. The summed E-state index contributed by atoms with van der Waals surface area (Å²) in [6.07, 6.45) is -1.07. The molecule has 3 aliphatic heterocycles. The number of ketones is 1. The smallest absolute Gasteiger partial charge is 0.330 e. The maximum Gasteiger partial charge on any atom is 0.330 e. The molecule has 0 aliphatic carbocycles. The minimum absolute atomic E-state index is 0.0701. The first kappa shape index (κ1) is 22.6. The van der Waals surface area contributed by atoms with Crippen LogP contribution in [0, 0.1) is 5.92 Å². The van der Waals surface area contributed by atoms with Gasteiger partial charge in [-0.25, -0.2) is 9.78 Å². The van der Waals surface area contributed by atoms with Crippen LogP contribution in [-0.4, -0.2) is 49.7 Å². The normalized spacial score (nSPS) is 27.2. The van der Waals surface area contributed by atoms with Gasteiger partial charge in [0.25, 0.3) is 5.56 Å². The van der Waals surface area contributed by atoms with Crippen LogP contribution in [0.4, 0.5) is 5.69 Å². The number of hydrogen-bond donors (Lipinski definition) is 1. The van der Waals surface area contributed by atoms with Crippen LogP contribution >= 0.6 is 0 Å².